The standard InChI is InChI=1S/C13H11Cl2FN2.ClH/c14-12-6-1-9(7-13(12)15)8-18(17)11-4-2-10(16)3-5-11;/h1-7H,8,17H2;1H. The molecule has 2 aromatic rings. The highest BCUT2D eigenvalue weighted by Crippen LogP contribution is 2.23. The Labute approximate surface area is 127 Å². The topological polar surface area (TPSA) is 29.3 Å². The molecule has 102 valence electrons. The number of anilines is 1. The average molecular weight is 322 g/mol. The second kappa shape index (κ2) is 6.96. The van der Waals surface area contributed by atoms with Crippen molar-refractivity contribution in [2.45, 2.75) is 6.54 Å². The van der Waals surface area contributed by atoms with E-state index in [4.69, 9.17) is 29.0 Å². The van der Waals surface area contributed by atoms with Crippen LogP contribution in [0.25, 0.3) is 0 Å². The summed E-state index contributed by atoms with van der Waals surface area (Å²) >= 11 is 11.8. The molecule has 0 heterocycles. The van der Waals surface area contributed by atoms with Gasteiger partial charge in [-0.05, 0) is 42.0 Å². The van der Waals surface area contributed by atoms with Gasteiger partial charge in [0.15, 0.2) is 0 Å². The van der Waals surface area contributed by atoms with E-state index < -0.39 is 0 Å². The molecule has 0 aliphatic carbocycles. The van der Waals surface area contributed by atoms with Gasteiger partial charge >= 0.3 is 0 Å². The Bertz CT molecular complexity index is 546. The third-order valence-corrected chi connectivity index (χ3v) is 3.23. The van der Waals surface area contributed by atoms with Gasteiger partial charge in [-0.3, -0.25) is 0 Å². The molecule has 0 aromatic heterocycles. The quantitative estimate of drug-likeness (QED) is 0.669. The van der Waals surface area contributed by atoms with Crippen LogP contribution in [0.15, 0.2) is 42.5 Å². The molecule has 2 N–H and O–H groups in total. The van der Waals surface area contributed by atoms with Gasteiger partial charge in [0.25, 0.3) is 0 Å². The molecule has 0 amide bonds. The Hall–Kier alpha value is -1.00. The number of hydrogen-bond donors (Lipinski definition) is 1. The summed E-state index contributed by atoms with van der Waals surface area (Å²) in [5.41, 5.74) is 1.65. The molecule has 0 unspecified atom stereocenters. The summed E-state index contributed by atoms with van der Waals surface area (Å²) in [5.74, 6) is 5.61. The van der Waals surface area contributed by atoms with Crippen LogP contribution in [0.1, 0.15) is 5.56 Å². The van der Waals surface area contributed by atoms with E-state index >= 15 is 0 Å². The van der Waals surface area contributed by atoms with Crippen LogP contribution in [0.3, 0.4) is 0 Å². The maximum Gasteiger partial charge on any atom is 0.123 e. The molecule has 0 aliphatic rings. The van der Waals surface area contributed by atoms with E-state index in [1.165, 1.54) is 17.1 Å². The van der Waals surface area contributed by atoms with Crippen LogP contribution in [-0.2, 0) is 6.54 Å². The third kappa shape index (κ3) is 4.25. The van der Waals surface area contributed by atoms with Crippen molar-refractivity contribution in [1.29, 1.82) is 0 Å². The molecule has 2 rings (SSSR count). The van der Waals surface area contributed by atoms with Crippen LogP contribution in [0.4, 0.5) is 10.1 Å². The van der Waals surface area contributed by atoms with E-state index in [-0.39, 0.29) is 18.2 Å². The Morgan fingerprint density at radius 2 is 1.63 bits per heavy atom. The SMILES string of the molecule is Cl.NN(Cc1ccc(Cl)c(Cl)c1)c1ccc(F)cc1. The molecular formula is C13H12Cl3FN2. The summed E-state index contributed by atoms with van der Waals surface area (Å²) in [6.45, 7) is 0.461. The molecule has 0 saturated heterocycles. The largest absolute Gasteiger partial charge is 0.307 e. The zero-order valence-corrected chi connectivity index (χ0v) is 12.1. The molecule has 19 heavy (non-hydrogen) atoms. The van der Waals surface area contributed by atoms with Gasteiger partial charge in [-0.1, -0.05) is 29.3 Å². The first kappa shape index (κ1) is 16.1. The summed E-state index contributed by atoms with van der Waals surface area (Å²) in [7, 11) is 0. The van der Waals surface area contributed by atoms with Crippen LogP contribution in [-0.4, -0.2) is 0 Å². The van der Waals surface area contributed by atoms with Crippen LogP contribution < -0.4 is 10.9 Å². The first-order valence-corrected chi connectivity index (χ1v) is 6.03. The molecule has 6 heteroatoms. The van der Waals surface area contributed by atoms with Crippen molar-refractivity contribution in [1.82, 2.24) is 0 Å². The van der Waals surface area contributed by atoms with Crippen molar-refractivity contribution in [2.75, 3.05) is 5.01 Å². The smallest absolute Gasteiger partial charge is 0.123 e. The molecule has 0 bridgehead atoms. The lowest BCUT2D eigenvalue weighted by atomic mass is 10.2. The van der Waals surface area contributed by atoms with Crippen molar-refractivity contribution in [3.63, 3.8) is 0 Å². The number of nitrogens with two attached hydrogens (primary N) is 1. The van der Waals surface area contributed by atoms with Crippen molar-refractivity contribution in [2.24, 2.45) is 5.84 Å². The van der Waals surface area contributed by atoms with Gasteiger partial charge in [0, 0.05) is 0 Å². The van der Waals surface area contributed by atoms with Crippen molar-refractivity contribution >= 4 is 41.3 Å². The Morgan fingerprint density at radius 3 is 2.21 bits per heavy atom. The van der Waals surface area contributed by atoms with E-state index in [1.54, 1.807) is 24.3 Å². The zero-order valence-electron chi connectivity index (χ0n) is 9.82. The molecule has 0 fully saturated rings. The fourth-order valence-electron chi connectivity index (χ4n) is 1.56. The monoisotopic (exact) mass is 320 g/mol. The van der Waals surface area contributed by atoms with Gasteiger partial charge in [0.1, 0.15) is 5.82 Å². The van der Waals surface area contributed by atoms with Crippen LogP contribution in [0.2, 0.25) is 10.0 Å². The molecule has 0 saturated carbocycles. The summed E-state index contributed by atoms with van der Waals surface area (Å²) in [5, 5.41) is 2.51. The Morgan fingerprint density at radius 1 is 1.00 bits per heavy atom. The lowest BCUT2D eigenvalue weighted by Gasteiger charge is -2.19. The van der Waals surface area contributed by atoms with Gasteiger partial charge in [-0.25, -0.2) is 10.2 Å². The molecule has 2 nitrogen and oxygen atoms in total. The number of benzene rings is 2. The van der Waals surface area contributed by atoms with Gasteiger partial charge in [0.05, 0.1) is 22.3 Å². The van der Waals surface area contributed by atoms with Gasteiger partial charge in [-0.15, -0.1) is 12.4 Å². The maximum absolute atomic E-state index is 12.8. The van der Waals surface area contributed by atoms with E-state index in [1.807, 2.05) is 6.07 Å². The van der Waals surface area contributed by atoms with E-state index in [9.17, 15) is 4.39 Å². The number of nitrogens with zero attached hydrogens (tertiary/aromatic N) is 1. The zero-order chi connectivity index (χ0) is 13.1. The van der Waals surface area contributed by atoms with Gasteiger partial charge in [0.2, 0.25) is 0 Å². The van der Waals surface area contributed by atoms with Crippen LogP contribution in [0.5, 0.6) is 0 Å². The number of halogens is 4. The minimum Gasteiger partial charge on any atom is -0.307 e. The van der Waals surface area contributed by atoms with Gasteiger partial charge < -0.3 is 5.01 Å². The number of hydrogen-bond acceptors (Lipinski definition) is 2. The first-order valence-electron chi connectivity index (χ1n) is 5.28. The van der Waals surface area contributed by atoms with Crippen LogP contribution >= 0.6 is 35.6 Å². The van der Waals surface area contributed by atoms with E-state index in [0.29, 0.717) is 16.6 Å². The normalized spacial score (nSPS) is 9.89. The average Bonchev–Trinajstić information content (AvgIpc) is 2.34. The van der Waals surface area contributed by atoms with Crippen molar-refractivity contribution < 1.29 is 4.39 Å². The van der Waals surface area contributed by atoms with Crippen LogP contribution in [0, 0.1) is 5.82 Å². The van der Waals surface area contributed by atoms with E-state index in [0.717, 1.165) is 11.3 Å². The minimum absolute atomic E-state index is 0. The predicted octanol–water partition coefficient (Wildman–Crippen LogP) is 4.43. The Balaban J connectivity index is 0.00000180. The first-order chi connectivity index (χ1) is 8.56. The molecule has 2 aromatic carbocycles. The number of hydrazine groups is 1. The highest BCUT2D eigenvalue weighted by atomic mass is 35.5. The lowest BCUT2D eigenvalue weighted by Crippen LogP contribution is -2.29. The molecule has 0 aliphatic heterocycles. The number of rotatable bonds is 3. The molecule has 0 spiro atoms. The second-order valence-electron chi connectivity index (χ2n) is 3.85. The summed E-state index contributed by atoms with van der Waals surface area (Å²) < 4.78 is 12.8. The minimum atomic E-state index is -0.290. The van der Waals surface area contributed by atoms with E-state index in [2.05, 4.69) is 0 Å². The fraction of sp³-hybridized carbons (Fsp3) is 0.0769. The lowest BCUT2D eigenvalue weighted by molar-refractivity contribution is 0.627. The Kier molecular flexibility index (Phi) is 5.88. The molecular weight excluding hydrogens is 310 g/mol. The molecule has 0 atom stereocenters. The second-order valence-corrected chi connectivity index (χ2v) is 4.67. The summed E-state index contributed by atoms with van der Waals surface area (Å²) in [4.78, 5) is 0. The molecule has 0 radical (unpaired) electrons. The van der Waals surface area contributed by atoms with Crippen molar-refractivity contribution in [3.05, 3.63) is 63.9 Å². The predicted molar refractivity (Wildman–Crippen MR) is 80.5 cm³/mol. The summed E-state index contributed by atoms with van der Waals surface area (Å²) in [6.07, 6.45) is 0. The highest BCUT2D eigenvalue weighted by molar-refractivity contribution is 6.42. The van der Waals surface area contributed by atoms with Gasteiger partial charge in [-0.2, -0.15) is 0 Å². The third-order valence-electron chi connectivity index (χ3n) is 2.50. The maximum atomic E-state index is 12.8. The van der Waals surface area contributed by atoms with Crippen molar-refractivity contribution in [3.8, 4) is 0 Å². The highest BCUT2D eigenvalue weighted by Gasteiger charge is 2.05. The summed E-state index contributed by atoms with van der Waals surface area (Å²) in [6, 6.07) is 11.3. The fourth-order valence-corrected chi connectivity index (χ4v) is 1.88.